The Morgan fingerprint density at radius 1 is 0.609 bits per heavy atom. The van der Waals surface area contributed by atoms with Gasteiger partial charge < -0.3 is 10.4 Å². The van der Waals surface area contributed by atoms with Crippen molar-refractivity contribution in [2.45, 2.75) is 161 Å². The fourth-order valence-corrected chi connectivity index (χ4v) is 5.68. The molecule has 0 fully saturated rings. The highest BCUT2D eigenvalue weighted by atomic mass is 32.2. The van der Waals surface area contributed by atoms with Crippen molar-refractivity contribution in [3.8, 4) is 0 Å². The quantitative estimate of drug-likeness (QED) is 0.0390. The number of allylic oxidation sites excluding steroid dienone is 11. The Kier molecular flexibility index (Phi) is 31.1. The summed E-state index contributed by atoms with van der Waals surface area (Å²) in [6.07, 6.45) is 46.0. The maximum atomic E-state index is 12.4. The minimum absolute atomic E-state index is 0.269. The van der Waals surface area contributed by atoms with Crippen LogP contribution in [-0.2, 0) is 14.9 Å². The molecular formula is C39H67NO5S. The maximum absolute atomic E-state index is 12.4. The molecule has 7 heteroatoms. The first-order valence-electron chi connectivity index (χ1n) is 18.1. The van der Waals surface area contributed by atoms with Crippen LogP contribution < -0.4 is 5.32 Å². The van der Waals surface area contributed by atoms with Crippen LogP contribution in [0.2, 0.25) is 0 Å². The molecule has 6 nitrogen and oxygen atoms in total. The lowest BCUT2D eigenvalue weighted by Gasteiger charge is -2.21. The van der Waals surface area contributed by atoms with Crippen LogP contribution >= 0.6 is 0 Å². The number of aliphatic hydroxyl groups is 1. The van der Waals surface area contributed by atoms with E-state index in [9.17, 15) is 22.9 Å². The van der Waals surface area contributed by atoms with E-state index < -0.39 is 28.0 Å². The number of hydrogen-bond acceptors (Lipinski definition) is 4. The molecule has 0 aliphatic rings. The summed E-state index contributed by atoms with van der Waals surface area (Å²) in [7, 11) is -4.35. The molecule has 0 aromatic heterocycles. The normalized spacial score (nSPS) is 14.3. The third-order valence-electron chi connectivity index (χ3n) is 7.64. The molecule has 0 bridgehead atoms. The number of aliphatic hydroxyl groups excluding tert-OH is 1. The molecular weight excluding hydrogens is 594 g/mol. The Balaban J connectivity index is 4.02. The van der Waals surface area contributed by atoms with Gasteiger partial charge in [0.1, 0.15) is 0 Å². The minimum atomic E-state index is -4.35. The lowest BCUT2D eigenvalue weighted by atomic mass is 10.1. The highest BCUT2D eigenvalue weighted by molar-refractivity contribution is 7.85. The number of unbranched alkanes of at least 4 members (excludes halogenated alkanes) is 13. The van der Waals surface area contributed by atoms with E-state index in [-0.39, 0.29) is 12.3 Å². The number of amides is 1. The van der Waals surface area contributed by atoms with E-state index >= 15 is 0 Å². The van der Waals surface area contributed by atoms with Gasteiger partial charge in [0.25, 0.3) is 10.1 Å². The van der Waals surface area contributed by atoms with Crippen LogP contribution in [0.1, 0.15) is 149 Å². The Hall–Kier alpha value is -2.22. The second kappa shape index (κ2) is 32.7. The standard InChI is InChI=1S/C39H67NO5S/c1-3-5-7-9-11-13-15-16-17-18-19-20-21-22-23-24-25-27-29-31-33-35-39(42)40-37(36-46(43,44)45)38(41)34-32-30-28-26-14-12-10-8-6-4-2/h5,7,11,13,16-17,19-20,22-23,32,34,37-38,41H,3-4,6,8-10,12,14-15,18,21,24-31,33,35-36H2,1-2H3,(H,40,42)(H,43,44,45)/b7-5-,13-11-,17-16-,20-19-,23-22-,34-32+. The molecule has 0 saturated carbocycles. The summed E-state index contributed by atoms with van der Waals surface area (Å²) < 4.78 is 32.3. The van der Waals surface area contributed by atoms with Gasteiger partial charge in [-0.2, -0.15) is 8.42 Å². The van der Waals surface area contributed by atoms with Gasteiger partial charge in [-0.25, -0.2) is 0 Å². The highest BCUT2D eigenvalue weighted by Crippen LogP contribution is 2.11. The minimum Gasteiger partial charge on any atom is -0.387 e. The van der Waals surface area contributed by atoms with Crippen molar-refractivity contribution in [2.75, 3.05) is 5.75 Å². The van der Waals surface area contributed by atoms with Crippen LogP contribution in [0.15, 0.2) is 72.9 Å². The van der Waals surface area contributed by atoms with Gasteiger partial charge in [0.05, 0.1) is 17.9 Å². The molecule has 2 atom stereocenters. The van der Waals surface area contributed by atoms with Crippen molar-refractivity contribution < 1.29 is 22.9 Å². The van der Waals surface area contributed by atoms with Crippen LogP contribution in [-0.4, -0.2) is 41.9 Å². The summed E-state index contributed by atoms with van der Waals surface area (Å²) >= 11 is 0. The zero-order chi connectivity index (χ0) is 34.0. The van der Waals surface area contributed by atoms with E-state index in [4.69, 9.17) is 0 Å². The van der Waals surface area contributed by atoms with Gasteiger partial charge in [-0.05, 0) is 64.2 Å². The van der Waals surface area contributed by atoms with E-state index in [1.165, 1.54) is 44.6 Å². The first-order valence-corrected chi connectivity index (χ1v) is 19.7. The van der Waals surface area contributed by atoms with Gasteiger partial charge in [-0.3, -0.25) is 9.35 Å². The average molecular weight is 662 g/mol. The van der Waals surface area contributed by atoms with E-state index in [1.54, 1.807) is 0 Å². The van der Waals surface area contributed by atoms with Crippen molar-refractivity contribution in [2.24, 2.45) is 0 Å². The summed E-state index contributed by atoms with van der Waals surface area (Å²) in [6, 6.07) is -1.07. The predicted octanol–water partition coefficient (Wildman–Crippen LogP) is 10.3. The number of rotatable bonds is 31. The zero-order valence-corrected chi connectivity index (χ0v) is 30.0. The molecule has 0 heterocycles. The molecule has 264 valence electrons. The molecule has 0 aliphatic heterocycles. The molecule has 0 radical (unpaired) electrons. The first-order chi connectivity index (χ1) is 22.3. The van der Waals surface area contributed by atoms with Gasteiger partial charge in [0, 0.05) is 6.42 Å². The first kappa shape index (κ1) is 43.8. The smallest absolute Gasteiger partial charge is 0.267 e. The summed E-state index contributed by atoms with van der Waals surface area (Å²) in [5, 5.41) is 13.1. The van der Waals surface area contributed by atoms with Gasteiger partial charge in [0.2, 0.25) is 5.91 Å². The SMILES string of the molecule is CC/C=C\C/C=C\C/C=C\C/C=C\C/C=C\CCCCCCCC(=O)NC(CS(=O)(=O)O)C(O)/C=C/CCCCCCCCCC. The Morgan fingerprint density at radius 3 is 1.54 bits per heavy atom. The van der Waals surface area contributed by atoms with Crippen molar-refractivity contribution in [1.29, 1.82) is 0 Å². The molecule has 0 rings (SSSR count). The van der Waals surface area contributed by atoms with Crippen molar-refractivity contribution in [1.82, 2.24) is 5.32 Å². The number of hydrogen-bond donors (Lipinski definition) is 3. The molecule has 46 heavy (non-hydrogen) atoms. The molecule has 0 aromatic carbocycles. The second-order valence-electron chi connectivity index (χ2n) is 12.1. The molecule has 2 unspecified atom stereocenters. The number of carbonyl (C=O) groups excluding carboxylic acids is 1. The third kappa shape index (κ3) is 33.2. The Morgan fingerprint density at radius 2 is 1.04 bits per heavy atom. The van der Waals surface area contributed by atoms with Gasteiger partial charge in [0.15, 0.2) is 0 Å². The summed E-state index contributed by atoms with van der Waals surface area (Å²) in [5.74, 6) is -1.01. The Labute approximate surface area is 283 Å². The number of carbonyl (C=O) groups is 1. The van der Waals surface area contributed by atoms with Gasteiger partial charge >= 0.3 is 0 Å². The monoisotopic (exact) mass is 661 g/mol. The predicted molar refractivity (Wildman–Crippen MR) is 197 cm³/mol. The summed E-state index contributed by atoms with van der Waals surface area (Å²) in [6.45, 7) is 4.36. The van der Waals surface area contributed by atoms with Gasteiger partial charge in [-0.1, -0.05) is 151 Å². The van der Waals surface area contributed by atoms with Crippen LogP contribution in [0.25, 0.3) is 0 Å². The summed E-state index contributed by atoms with van der Waals surface area (Å²) in [4.78, 5) is 12.4. The van der Waals surface area contributed by atoms with Crippen LogP contribution in [0.5, 0.6) is 0 Å². The molecule has 0 saturated heterocycles. The van der Waals surface area contributed by atoms with E-state index in [0.717, 1.165) is 83.5 Å². The lowest BCUT2D eigenvalue weighted by molar-refractivity contribution is -0.122. The zero-order valence-electron chi connectivity index (χ0n) is 29.2. The van der Waals surface area contributed by atoms with E-state index in [2.05, 4.69) is 79.9 Å². The third-order valence-corrected chi connectivity index (χ3v) is 8.42. The molecule has 0 spiro atoms. The van der Waals surface area contributed by atoms with Crippen LogP contribution in [0.3, 0.4) is 0 Å². The molecule has 3 N–H and O–H groups in total. The fourth-order valence-electron chi connectivity index (χ4n) is 4.94. The van der Waals surface area contributed by atoms with Crippen molar-refractivity contribution in [3.63, 3.8) is 0 Å². The molecule has 0 aromatic rings. The molecule has 1 amide bonds. The highest BCUT2D eigenvalue weighted by Gasteiger charge is 2.24. The van der Waals surface area contributed by atoms with E-state index in [1.807, 2.05) is 6.08 Å². The Bertz CT molecular complexity index is 994. The number of nitrogens with one attached hydrogen (secondary N) is 1. The van der Waals surface area contributed by atoms with E-state index in [0.29, 0.717) is 6.42 Å². The van der Waals surface area contributed by atoms with Gasteiger partial charge in [-0.15, -0.1) is 0 Å². The molecule has 0 aliphatic carbocycles. The maximum Gasteiger partial charge on any atom is 0.267 e. The lowest BCUT2D eigenvalue weighted by Crippen LogP contribution is -2.46. The summed E-state index contributed by atoms with van der Waals surface area (Å²) in [5.41, 5.74) is 0. The largest absolute Gasteiger partial charge is 0.387 e. The fraction of sp³-hybridized carbons (Fsp3) is 0.667. The van der Waals surface area contributed by atoms with Crippen LogP contribution in [0.4, 0.5) is 0 Å². The topological polar surface area (TPSA) is 104 Å². The van der Waals surface area contributed by atoms with Crippen molar-refractivity contribution >= 4 is 16.0 Å². The van der Waals surface area contributed by atoms with Crippen molar-refractivity contribution in [3.05, 3.63) is 72.9 Å². The average Bonchev–Trinajstić information content (AvgIpc) is 3.01. The second-order valence-corrected chi connectivity index (χ2v) is 13.6. The van der Waals surface area contributed by atoms with Crippen LogP contribution in [0, 0.1) is 0 Å².